The van der Waals surface area contributed by atoms with Crippen LogP contribution in [0.25, 0.3) is 0 Å². The average Bonchev–Trinajstić information content (AvgIpc) is 2.39. The number of nitrogens with one attached hydrogen (secondary N) is 2. The van der Waals surface area contributed by atoms with Crippen molar-refractivity contribution in [3.05, 3.63) is 29.3 Å². The summed E-state index contributed by atoms with van der Waals surface area (Å²) in [5, 5.41) is 13.8. The summed E-state index contributed by atoms with van der Waals surface area (Å²) < 4.78 is 0. The molecule has 7 nitrogen and oxygen atoms in total. The lowest BCUT2D eigenvalue weighted by molar-refractivity contribution is -0.140. The molecule has 3 amide bonds. The highest BCUT2D eigenvalue weighted by atomic mass is 16.4. The fraction of sp³-hybridized carbons (Fsp3) is 0.357. The summed E-state index contributed by atoms with van der Waals surface area (Å²) in [7, 11) is 0. The van der Waals surface area contributed by atoms with Gasteiger partial charge in [-0.25, -0.2) is 9.59 Å². The molecule has 1 rings (SSSR count). The van der Waals surface area contributed by atoms with Crippen LogP contribution >= 0.6 is 0 Å². The first-order chi connectivity index (χ1) is 9.85. The molecule has 0 radical (unpaired) electrons. The Morgan fingerprint density at radius 2 is 2.00 bits per heavy atom. The van der Waals surface area contributed by atoms with Crippen molar-refractivity contribution >= 4 is 23.6 Å². The molecule has 0 heterocycles. The second kappa shape index (κ2) is 7.28. The number of para-hydroxylation sites is 1. The molecule has 0 aromatic heterocycles. The normalized spacial score (nSPS) is 11.5. The Hall–Kier alpha value is -2.57. The number of aliphatic carboxylic acids is 1. The Kier molecular flexibility index (Phi) is 5.71. The summed E-state index contributed by atoms with van der Waals surface area (Å²) in [5.74, 6) is -2.11. The van der Waals surface area contributed by atoms with E-state index >= 15 is 0 Å². The van der Waals surface area contributed by atoms with E-state index in [1.807, 2.05) is 32.0 Å². The van der Waals surface area contributed by atoms with Crippen molar-refractivity contribution in [2.45, 2.75) is 32.7 Å². The topological polar surface area (TPSA) is 122 Å². The molecule has 0 fully saturated rings. The monoisotopic (exact) mass is 293 g/mol. The largest absolute Gasteiger partial charge is 0.480 e. The molecule has 114 valence electrons. The van der Waals surface area contributed by atoms with Crippen molar-refractivity contribution in [3.8, 4) is 0 Å². The van der Waals surface area contributed by atoms with Crippen LogP contribution in [-0.4, -0.2) is 29.1 Å². The molecule has 5 N–H and O–H groups in total. The number of hydrogen-bond acceptors (Lipinski definition) is 3. The number of carboxylic acids is 1. The van der Waals surface area contributed by atoms with E-state index in [0.717, 1.165) is 17.5 Å². The number of primary amides is 1. The third-order valence-corrected chi connectivity index (χ3v) is 2.99. The number of hydrogen-bond donors (Lipinski definition) is 4. The zero-order chi connectivity index (χ0) is 16.0. The fourth-order valence-corrected chi connectivity index (χ4v) is 1.91. The molecule has 21 heavy (non-hydrogen) atoms. The summed E-state index contributed by atoms with van der Waals surface area (Å²) in [6.45, 7) is 3.79. The molecule has 7 heteroatoms. The van der Waals surface area contributed by atoms with Gasteiger partial charge in [-0.2, -0.15) is 0 Å². The molecule has 0 saturated carbocycles. The van der Waals surface area contributed by atoms with Gasteiger partial charge in [0, 0.05) is 5.69 Å². The van der Waals surface area contributed by atoms with Crippen LogP contribution in [0.1, 0.15) is 24.5 Å². The number of amides is 3. The van der Waals surface area contributed by atoms with E-state index in [0.29, 0.717) is 5.69 Å². The average molecular weight is 293 g/mol. The van der Waals surface area contributed by atoms with Crippen LogP contribution in [0.4, 0.5) is 10.5 Å². The number of rotatable bonds is 6. The smallest absolute Gasteiger partial charge is 0.326 e. The third kappa shape index (κ3) is 4.79. The SMILES string of the molecule is CCc1cccc(C)c1NC(=O)N[C@@H](CC(N)=O)C(=O)O. The fourth-order valence-electron chi connectivity index (χ4n) is 1.91. The molecule has 0 unspecified atom stereocenters. The first-order valence-corrected chi connectivity index (χ1v) is 6.52. The highest BCUT2D eigenvalue weighted by molar-refractivity contribution is 5.94. The standard InChI is InChI=1S/C14H19N3O4/c1-3-9-6-4-5-8(2)12(9)17-14(21)16-10(13(19)20)7-11(15)18/h4-6,10H,3,7H2,1-2H3,(H2,15,18)(H,19,20)(H2,16,17,21)/t10-/m0/s1. The molecule has 1 aromatic carbocycles. The number of aryl methyl sites for hydroxylation is 2. The maximum atomic E-state index is 11.9. The highest BCUT2D eigenvalue weighted by Crippen LogP contribution is 2.20. The minimum atomic E-state index is -1.35. The second-order valence-electron chi connectivity index (χ2n) is 4.62. The summed E-state index contributed by atoms with van der Waals surface area (Å²) in [4.78, 5) is 33.6. The predicted octanol–water partition coefficient (Wildman–Crippen LogP) is 1.01. The zero-order valence-corrected chi connectivity index (χ0v) is 12.0. The van der Waals surface area contributed by atoms with Crippen molar-refractivity contribution in [3.63, 3.8) is 0 Å². The van der Waals surface area contributed by atoms with Crippen LogP contribution < -0.4 is 16.4 Å². The minimum absolute atomic E-state index is 0.461. The van der Waals surface area contributed by atoms with Crippen LogP contribution in [0.2, 0.25) is 0 Å². The van der Waals surface area contributed by atoms with E-state index in [9.17, 15) is 14.4 Å². The Morgan fingerprint density at radius 3 is 2.52 bits per heavy atom. The molecule has 1 atom stereocenters. The quantitative estimate of drug-likeness (QED) is 0.625. The van der Waals surface area contributed by atoms with Gasteiger partial charge >= 0.3 is 12.0 Å². The van der Waals surface area contributed by atoms with Crippen LogP contribution in [0.3, 0.4) is 0 Å². The van der Waals surface area contributed by atoms with Crippen molar-refractivity contribution in [2.75, 3.05) is 5.32 Å². The highest BCUT2D eigenvalue weighted by Gasteiger charge is 2.22. The van der Waals surface area contributed by atoms with Gasteiger partial charge in [-0.05, 0) is 24.5 Å². The first kappa shape index (κ1) is 16.5. The zero-order valence-electron chi connectivity index (χ0n) is 12.0. The van der Waals surface area contributed by atoms with Gasteiger partial charge in [-0.1, -0.05) is 25.1 Å². The molecular weight excluding hydrogens is 274 g/mol. The van der Waals surface area contributed by atoms with E-state index in [-0.39, 0.29) is 0 Å². The van der Waals surface area contributed by atoms with Gasteiger partial charge in [-0.3, -0.25) is 4.79 Å². The number of carboxylic acid groups (broad SMARTS) is 1. The molecule has 1 aromatic rings. The summed E-state index contributed by atoms with van der Waals surface area (Å²) in [6.07, 6.45) is 0.262. The molecule has 0 saturated heterocycles. The van der Waals surface area contributed by atoms with E-state index in [2.05, 4.69) is 10.6 Å². The number of urea groups is 1. The molecular formula is C14H19N3O4. The summed E-state index contributed by atoms with van der Waals surface area (Å²) in [6, 6.07) is 3.56. The number of carbonyl (C=O) groups is 3. The van der Waals surface area contributed by atoms with E-state index < -0.39 is 30.4 Å². The van der Waals surface area contributed by atoms with Crippen LogP contribution in [0, 0.1) is 6.92 Å². The lowest BCUT2D eigenvalue weighted by Crippen LogP contribution is -2.45. The molecule has 0 spiro atoms. The van der Waals surface area contributed by atoms with E-state index in [4.69, 9.17) is 10.8 Å². The summed E-state index contributed by atoms with van der Waals surface area (Å²) in [5.41, 5.74) is 7.40. The number of nitrogens with two attached hydrogens (primary N) is 1. The Morgan fingerprint density at radius 1 is 1.33 bits per heavy atom. The third-order valence-electron chi connectivity index (χ3n) is 2.99. The lowest BCUT2D eigenvalue weighted by Gasteiger charge is -2.16. The van der Waals surface area contributed by atoms with Gasteiger partial charge in [0.1, 0.15) is 6.04 Å². The van der Waals surface area contributed by atoms with E-state index in [1.165, 1.54) is 0 Å². The molecule has 0 aliphatic carbocycles. The van der Waals surface area contributed by atoms with Crippen molar-refractivity contribution in [2.24, 2.45) is 5.73 Å². The lowest BCUT2D eigenvalue weighted by atomic mass is 10.1. The van der Waals surface area contributed by atoms with Gasteiger partial charge in [0.25, 0.3) is 0 Å². The molecule has 0 aliphatic heterocycles. The second-order valence-corrected chi connectivity index (χ2v) is 4.62. The van der Waals surface area contributed by atoms with Crippen molar-refractivity contribution < 1.29 is 19.5 Å². The van der Waals surface area contributed by atoms with E-state index in [1.54, 1.807) is 0 Å². The Balaban J connectivity index is 2.81. The molecule has 0 aliphatic rings. The van der Waals surface area contributed by atoms with Gasteiger partial charge in [0.2, 0.25) is 5.91 Å². The first-order valence-electron chi connectivity index (χ1n) is 6.52. The van der Waals surface area contributed by atoms with Crippen LogP contribution in [0.15, 0.2) is 18.2 Å². The Bertz CT molecular complexity index is 557. The molecule has 0 bridgehead atoms. The van der Waals surface area contributed by atoms with Crippen LogP contribution in [-0.2, 0) is 16.0 Å². The van der Waals surface area contributed by atoms with Crippen molar-refractivity contribution in [1.82, 2.24) is 5.32 Å². The van der Waals surface area contributed by atoms with Gasteiger partial charge < -0.3 is 21.5 Å². The van der Waals surface area contributed by atoms with Gasteiger partial charge in [-0.15, -0.1) is 0 Å². The van der Waals surface area contributed by atoms with Gasteiger partial charge in [0.05, 0.1) is 6.42 Å². The number of benzene rings is 1. The Labute approximate surface area is 122 Å². The maximum Gasteiger partial charge on any atom is 0.326 e. The minimum Gasteiger partial charge on any atom is -0.480 e. The van der Waals surface area contributed by atoms with Gasteiger partial charge in [0.15, 0.2) is 0 Å². The summed E-state index contributed by atoms with van der Waals surface area (Å²) >= 11 is 0. The van der Waals surface area contributed by atoms with Crippen molar-refractivity contribution in [1.29, 1.82) is 0 Å². The number of anilines is 1. The maximum absolute atomic E-state index is 11.9. The number of carbonyl (C=O) groups excluding carboxylic acids is 2. The van der Waals surface area contributed by atoms with Crippen LogP contribution in [0.5, 0.6) is 0 Å². The predicted molar refractivity (Wildman–Crippen MR) is 77.9 cm³/mol.